The predicted molar refractivity (Wildman–Crippen MR) is 107 cm³/mol. The molecule has 0 radical (unpaired) electrons. The van der Waals surface area contributed by atoms with Crippen LogP contribution < -0.4 is 14.8 Å². The van der Waals surface area contributed by atoms with Crippen LogP contribution in [-0.2, 0) is 11.0 Å². The Balaban J connectivity index is 2.20. The molecule has 0 bridgehead atoms. The Hall–Kier alpha value is -3.47. The van der Waals surface area contributed by atoms with Gasteiger partial charge in [0.2, 0.25) is 0 Å². The van der Waals surface area contributed by atoms with Gasteiger partial charge in [0, 0.05) is 5.69 Å². The lowest BCUT2D eigenvalue weighted by Crippen LogP contribution is -2.14. The van der Waals surface area contributed by atoms with E-state index in [1.54, 1.807) is 24.3 Å². The molecule has 0 aromatic heterocycles. The molecule has 1 N–H and O–H groups in total. The van der Waals surface area contributed by atoms with E-state index in [1.165, 1.54) is 25.3 Å². The summed E-state index contributed by atoms with van der Waals surface area (Å²) in [6.45, 7) is 2.58. The fourth-order valence-corrected chi connectivity index (χ4v) is 2.51. The van der Waals surface area contributed by atoms with Crippen LogP contribution in [0.25, 0.3) is 6.08 Å². The van der Waals surface area contributed by atoms with Crippen molar-refractivity contribution in [2.75, 3.05) is 19.0 Å². The zero-order valence-corrected chi connectivity index (χ0v) is 16.5. The van der Waals surface area contributed by atoms with Gasteiger partial charge in [-0.3, -0.25) is 4.79 Å². The molecule has 30 heavy (non-hydrogen) atoms. The third-order valence-electron chi connectivity index (χ3n) is 4.07. The molecule has 158 valence electrons. The van der Waals surface area contributed by atoms with Crippen LogP contribution in [0.1, 0.15) is 30.9 Å². The molecule has 5 nitrogen and oxygen atoms in total. The summed E-state index contributed by atoms with van der Waals surface area (Å²) in [4.78, 5) is 12.4. The number of hydrogen-bond acceptors (Lipinski definition) is 4. The molecule has 2 aromatic rings. The fraction of sp³-hybridized carbons (Fsp3) is 0.273. The van der Waals surface area contributed by atoms with Crippen LogP contribution in [0.2, 0.25) is 0 Å². The first kappa shape index (κ1) is 22.8. The maximum Gasteiger partial charge on any atom is 0.416 e. The zero-order chi connectivity index (χ0) is 22.1. The number of nitrogens with one attached hydrogen (secondary N) is 1. The zero-order valence-electron chi connectivity index (χ0n) is 16.5. The number of rotatable bonds is 8. The summed E-state index contributed by atoms with van der Waals surface area (Å²) in [7, 11) is 1.47. The number of halogens is 3. The largest absolute Gasteiger partial charge is 0.493 e. The smallest absolute Gasteiger partial charge is 0.416 e. The van der Waals surface area contributed by atoms with Crippen molar-refractivity contribution in [1.29, 1.82) is 5.26 Å². The van der Waals surface area contributed by atoms with E-state index in [9.17, 15) is 23.2 Å². The number of hydrogen-bond donors (Lipinski definition) is 1. The first-order valence-electron chi connectivity index (χ1n) is 9.19. The third kappa shape index (κ3) is 6.27. The summed E-state index contributed by atoms with van der Waals surface area (Å²) < 4.78 is 49.4. The number of amides is 1. The molecule has 2 aromatic carbocycles. The Kier molecular flexibility index (Phi) is 7.87. The van der Waals surface area contributed by atoms with E-state index >= 15 is 0 Å². The minimum Gasteiger partial charge on any atom is -0.493 e. The van der Waals surface area contributed by atoms with Crippen molar-refractivity contribution in [2.24, 2.45) is 0 Å². The van der Waals surface area contributed by atoms with Crippen molar-refractivity contribution < 1.29 is 27.4 Å². The molecule has 0 saturated heterocycles. The van der Waals surface area contributed by atoms with Crippen molar-refractivity contribution in [3.05, 3.63) is 59.2 Å². The SMILES string of the molecule is CCCCOc1ccc(/C=C(/C#N)C(=O)Nc2cccc(C(F)(F)F)c2)cc1OC. The molecule has 0 aliphatic heterocycles. The van der Waals surface area contributed by atoms with Gasteiger partial charge in [-0.25, -0.2) is 0 Å². The van der Waals surface area contributed by atoms with Crippen molar-refractivity contribution in [2.45, 2.75) is 25.9 Å². The van der Waals surface area contributed by atoms with Crippen molar-refractivity contribution in [1.82, 2.24) is 0 Å². The maximum atomic E-state index is 12.8. The second kappa shape index (κ2) is 10.3. The summed E-state index contributed by atoms with van der Waals surface area (Å²) >= 11 is 0. The lowest BCUT2D eigenvalue weighted by molar-refractivity contribution is -0.137. The van der Waals surface area contributed by atoms with Gasteiger partial charge in [0.1, 0.15) is 11.6 Å². The number of methoxy groups -OCH3 is 1. The quantitative estimate of drug-likeness (QED) is 0.352. The lowest BCUT2D eigenvalue weighted by Gasteiger charge is -2.11. The van der Waals surface area contributed by atoms with Gasteiger partial charge in [-0.05, 0) is 48.4 Å². The van der Waals surface area contributed by atoms with E-state index in [0.717, 1.165) is 25.0 Å². The third-order valence-corrected chi connectivity index (χ3v) is 4.07. The molecule has 0 spiro atoms. The Morgan fingerprint density at radius 1 is 1.20 bits per heavy atom. The molecule has 2 rings (SSSR count). The Bertz CT molecular complexity index is 963. The minimum absolute atomic E-state index is 0.0618. The van der Waals surface area contributed by atoms with Crippen LogP contribution in [0.3, 0.4) is 0 Å². The summed E-state index contributed by atoms with van der Waals surface area (Å²) in [6.07, 6.45) is -1.35. The normalized spacial score (nSPS) is 11.5. The summed E-state index contributed by atoms with van der Waals surface area (Å²) in [6, 6.07) is 10.9. The Morgan fingerprint density at radius 2 is 1.97 bits per heavy atom. The fourth-order valence-electron chi connectivity index (χ4n) is 2.51. The van der Waals surface area contributed by atoms with E-state index in [4.69, 9.17) is 9.47 Å². The van der Waals surface area contributed by atoms with Crippen LogP contribution in [0.15, 0.2) is 48.0 Å². The highest BCUT2D eigenvalue weighted by Gasteiger charge is 2.30. The highest BCUT2D eigenvalue weighted by molar-refractivity contribution is 6.09. The highest BCUT2D eigenvalue weighted by atomic mass is 19.4. The number of carbonyl (C=O) groups is 1. The topological polar surface area (TPSA) is 71.3 Å². The summed E-state index contributed by atoms with van der Waals surface area (Å²) in [5.74, 6) is 0.157. The molecule has 0 unspecified atom stereocenters. The van der Waals surface area contributed by atoms with E-state index in [2.05, 4.69) is 5.32 Å². The van der Waals surface area contributed by atoms with Gasteiger partial charge in [0.25, 0.3) is 5.91 Å². The number of anilines is 1. The van der Waals surface area contributed by atoms with Crippen molar-refractivity contribution in [3.63, 3.8) is 0 Å². The van der Waals surface area contributed by atoms with Gasteiger partial charge < -0.3 is 14.8 Å². The van der Waals surface area contributed by atoms with Gasteiger partial charge in [-0.2, -0.15) is 18.4 Å². The number of carbonyl (C=O) groups excluding carboxylic acids is 1. The van der Waals surface area contributed by atoms with E-state index < -0.39 is 17.6 Å². The van der Waals surface area contributed by atoms with Gasteiger partial charge in [-0.1, -0.05) is 25.5 Å². The standard InChI is InChI=1S/C22H21F3N2O3/c1-3-4-10-30-19-9-8-15(12-20(19)29-2)11-16(14-26)21(28)27-18-7-5-6-17(13-18)22(23,24)25/h5-9,11-13H,3-4,10H2,1-2H3,(H,27,28)/b16-11-. The van der Waals surface area contributed by atoms with Gasteiger partial charge in [-0.15, -0.1) is 0 Å². The maximum absolute atomic E-state index is 12.8. The monoisotopic (exact) mass is 418 g/mol. The van der Waals surface area contributed by atoms with Crippen LogP contribution in [0.5, 0.6) is 11.5 Å². The summed E-state index contributed by atoms with van der Waals surface area (Å²) in [5, 5.41) is 11.6. The number of nitrogens with zero attached hydrogens (tertiary/aromatic N) is 1. The number of alkyl halides is 3. The van der Waals surface area contributed by atoms with Gasteiger partial charge in [0.05, 0.1) is 19.3 Å². The predicted octanol–water partition coefficient (Wildman–Crippen LogP) is 5.44. The second-order valence-corrected chi connectivity index (χ2v) is 6.31. The van der Waals surface area contributed by atoms with Crippen LogP contribution in [0.4, 0.5) is 18.9 Å². The average molecular weight is 418 g/mol. The van der Waals surface area contributed by atoms with Crippen LogP contribution >= 0.6 is 0 Å². The molecule has 0 aliphatic rings. The number of ether oxygens (including phenoxy) is 2. The Morgan fingerprint density at radius 3 is 2.60 bits per heavy atom. The van der Waals surface area contributed by atoms with Gasteiger partial charge in [0.15, 0.2) is 11.5 Å². The molecular weight excluding hydrogens is 397 g/mol. The number of nitriles is 1. The second-order valence-electron chi connectivity index (χ2n) is 6.31. The first-order valence-corrected chi connectivity index (χ1v) is 9.19. The van der Waals surface area contributed by atoms with Crippen LogP contribution in [0, 0.1) is 11.3 Å². The summed E-state index contributed by atoms with van der Waals surface area (Å²) in [5.41, 5.74) is -0.723. The van der Waals surface area contributed by atoms with Gasteiger partial charge >= 0.3 is 6.18 Å². The van der Waals surface area contributed by atoms with Crippen molar-refractivity contribution >= 4 is 17.7 Å². The molecule has 0 fully saturated rings. The molecule has 0 atom stereocenters. The average Bonchev–Trinajstić information content (AvgIpc) is 2.72. The highest BCUT2D eigenvalue weighted by Crippen LogP contribution is 2.31. The first-order chi connectivity index (χ1) is 14.3. The molecule has 1 amide bonds. The van der Waals surface area contributed by atoms with E-state index in [-0.39, 0.29) is 11.3 Å². The van der Waals surface area contributed by atoms with Crippen LogP contribution in [-0.4, -0.2) is 19.6 Å². The van der Waals surface area contributed by atoms with E-state index in [0.29, 0.717) is 23.7 Å². The Labute approximate surface area is 172 Å². The molecule has 0 saturated carbocycles. The molecular formula is C22H21F3N2O3. The molecule has 0 heterocycles. The molecule has 0 aliphatic carbocycles. The van der Waals surface area contributed by atoms with Crippen molar-refractivity contribution in [3.8, 4) is 17.6 Å². The lowest BCUT2D eigenvalue weighted by atomic mass is 10.1. The minimum atomic E-state index is -4.54. The number of benzene rings is 2. The van der Waals surface area contributed by atoms with E-state index in [1.807, 2.05) is 6.92 Å². The molecule has 8 heteroatoms. The number of unbranched alkanes of at least 4 members (excludes halogenated alkanes) is 1.